The first-order valence-electron chi connectivity index (χ1n) is 10.5. The molecule has 0 radical (unpaired) electrons. The van der Waals surface area contributed by atoms with Crippen LogP contribution in [0.5, 0.6) is 11.5 Å². The zero-order chi connectivity index (χ0) is 22.2. The summed E-state index contributed by atoms with van der Waals surface area (Å²) in [7, 11) is 1.60. The number of imide groups is 1. The van der Waals surface area contributed by atoms with Crippen LogP contribution in [0.15, 0.2) is 36.4 Å². The van der Waals surface area contributed by atoms with E-state index in [4.69, 9.17) is 9.47 Å². The van der Waals surface area contributed by atoms with Gasteiger partial charge in [0, 0.05) is 0 Å². The van der Waals surface area contributed by atoms with Crippen LogP contribution in [-0.4, -0.2) is 48.3 Å². The van der Waals surface area contributed by atoms with Gasteiger partial charge in [-0.2, -0.15) is 0 Å². The maximum atomic E-state index is 13.4. The minimum atomic E-state index is -1.08. The number of ether oxygens (including phenoxy) is 2. The first-order chi connectivity index (χ1) is 14.8. The predicted octanol–water partition coefficient (Wildman–Crippen LogP) is 2.84. The highest BCUT2D eigenvalue weighted by Gasteiger charge is 2.54. The lowest BCUT2D eigenvalue weighted by Gasteiger charge is -2.33. The lowest BCUT2D eigenvalue weighted by atomic mass is 9.76. The van der Waals surface area contributed by atoms with Crippen LogP contribution in [0, 0.1) is 13.8 Å². The van der Waals surface area contributed by atoms with Crippen LogP contribution in [0.1, 0.15) is 35.1 Å². The topological polar surface area (TPSA) is 88.1 Å². The van der Waals surface area contributed by atoms with Crippen molar-refractivity contribution in [2.75, 3.05) is 20.3 Å². The number of hydrogen-bond acceptors (Lipinski definition) is 5. The maximum absolute atomic E-state index is 13.4. The number of amides is 3. The fraction of sp³-hybridized carbons (Fsp3) is 0.417. The summed E-state index contributed by atoms with van der Waals surface area (Å²) in [5.74, 6) is 1.08. The molecule has 2 unspecified atom stereocenters. The quantitative estimate of drug-likeness (QED) is 0.697. The van der Waals surface area contributed by atoms with E-state index in [0.29, 0.717) is 12.2 Å². The number of carbonyl (C=O) groups excluding carboxylic acids is 2. The first-order valence-corrected chi connectivity index (χ1v) is 10.5. The Labute approximate surface area is 182 Å². The van der Waals surface area contributed by atoms with Gasteiger partial charge in [0.1, 0.15) is 29.7 Å². The second kappa shape index (κ2) is 8.23. The zero-order valence-corrected chi connectivity index (χ0v) is 18.1. The van der Waals surface area contributed by atoms with E-state index < -0.39 is 17.7 Å². The molecular formula is C24H28N2O5. The van der Waals surface area contributed by atoms with Gasteiger partial charge in [-0.05, 0) is 68.0 Å². The van der Waals surface area contributed by atoms with Gasteiger partial charge in [0.2, 0.25) is 0 Å². The molecule has 7 nitrogen and oxygen atoms in total. The molecule has 2 aliphatic rings. The molecule has 2 atom stereocenters. The molecule has 31 heavy (non-hydrogen) atoms. The van der Waals surface area contributed by atoms with Gasteiger partial charge in [-0.3, -0.25) is 9.69 Å². The number of nitrogens with zero attached hydrogens (tertiary/aromatic N) is 1. The van der Waals surface area contributed by atoms with Crippen molar-refractivity contribution < 1.29 is 24.2 Å². The highest BCUT2D eigenvalue weighted by atomic mass is 16.5. The van der Waals surface area contributed by atoms with Crippen LogP contribution in [-0.2, 0) is 16.8 Å². The first kappa shape index (κ1) is 21.2. The summed E-state index contributed by atoms with van der Waals surface area (Å²) in [5, 5.41) is 13.4. The molecule has 2 aromatic rings. The zero-order valence-electron chi connectivity index (χ0n) is 18.1. The van der Waals surface area contributed by atoms with E-state index >= 15 is 0 Å². The van der Waals surface area contributed by atoms with E-state index in [0.717, 1.165) is 45.7 Å². The third-order valence-corrected chi connectivity index (χ3v) is 6.10. The van der Waals surface area contributed by atoms with Crippen LogP contribution in [0.25, 0.3) is 0 Å². The molecule has 2 N–H and O–H groups in total. The molecule has 1 heterocycles. The minimum absolute atomic E-state index is 0.0122. The van der Waals surface area contributed by atoms with Crippen molar-refractivity contribution in [3.63, 3.8) is 0 Å². The van der Waals surface area contributed by atoms with Crippen molar-refractivity contribution in [1.82, 2.24) is 10.2 Å². The van der Waals surface area contributed by atoms with Gasteiger partial charge in [-0.15, -0.1) is 0 Å². The summed E-state index contributed by atoms with van der Waals surface area (Å²) in [4.78, 5) is 27.2. The average molecular weight is 424 g/mol. The van der Waals surface area contributed by atoms with Gasteiger partial charge in [0.05, 0.1) is 13.7 Å². The lowest BCUT2D eigenvalue weighted by molar-refractivity contribution is -0.133. The van der Waals surface area contributed by atoms with Crippen LogP contribution in [0.4, 0.5) is 4.79 Å². The summed E-state index contributed by atoms with van der Waals surface area (Å²) in [6, 6.07) is 10.9. The van der Waals surface area contributed by atoms with Gasteiger partial charge in [0.25, 0.3) is 5.91 Å². The van der Waals surface area contributed by atoms with E-state index in [1.807, 2.05) is 44.2 Å². The molecule has 1 saturated heterocycles. The van der Waals surface area contributed by atoms with E-state index in [-0.39, 0.29) is 19.1 Å². The fourth-order valence-electron chi connectivity index (χ4n) is 4.55. The molecule has 1 aliphatic carbocycles. The number of nitrogens with one attached hydrogen (secondary N) is 1. The normalized spacial score (nSPS) is 21.1. The third-order valence-electron chi connectivity index (χ3n) is 6.10. The van der Waals surface area contributed by atoms with Crippen LogP contribution < -0.4 is 14.8 Å². The summed E-state index contributed by atoms with van der Waals surface area (Å²) in [6.07, 6.45) is 1.13. The predicted molar refractivity (Wildman–Crippen MR) is 115 cm³/mol. The van der Waals surface area contributed by atoms with Crippen molar-refractivity contribution >= 4 is 11.9 Å². The van der Waals surface area contributed by atoms with Crippen molar-refractivity contribution in [1.29, 1.82) is 0 Å². The number of β-amino-alcohol motifs (C(OH)–C–C–N with tert-alkyl or cyclic N) is 1. The van der Waals surface area contributed by atoms with Crippen LogP contribution >= 0.6 is 0 Å². The number of urea groups is 1. The SMILES string of the molecule is COc1ccc2c(c1)CCCC21NC(=O)N(CC(O)COc2ccc(C)cc2C)C1=O. The van der Waals surface area contributed by atoms with Crippen LogP contribution in [0.2, 0.25) is 0 Å². The monoisotopic (exact) mass is 424 g/mol. The Kier molecular flexibility index (Phi) is 5.62. The molecule has 0 bridgehead atoms. The number of aryl methyl sites for hydroxylation is 3. The average Bonchev–Trinajstić information content (AvgIpc) is 2.97. The Morgan fingerprint density at radius 2 is 2.00 bits per heavy atom. The number of benzene rings is 2. The second-order valence-corrected chi connectivity index (χ2v) is 8.36. The molecule has 4 rings (SSSR count). The summed E-state index contributed by atoms with van der Waals surface area (Å²) in [6.45, 7) is 3.80. The molecule has 1 aliphatic heterocycles. The van der Waals surface area contributed by atoms with Crippen molar-refractivity contribution in [3.8, 4) is 11.5 Å². The lowest BCUT2D eigenvalue weighted by Crippen LogP contribution is -2.47. The van der Waals surface area contributed by atoms with E-state index in [1.165, 1.54) is 0 Å². The highest BCUT2D eigenvalue weighted by molar-refractivity contribution is 6.07. The van der Waals surface area contributed by atoms with Gasteiger partial charge in [-0.1, -0.05) is 23.8 Å². The Morgan fingerprint density at radius 3 is 2.74 bits per heavy atom. The van der Waals surface area contributed by atoms with Crippen molar-refractivity contribution in [2.45, 2.75) is 44.8 Å². The van der Waals surface area contributed by atoms with Crippen LogP contribution in [0.3, 0.4) is 0 Å². The third kappa shape index (κ3) is 3.85. The standard InChI is InChI=1S/C24H28N2O5/c1-15-6-9-21(16(2)11-15)31-14-18(27)13-26-22(28)24(25-23(26)29)10-4-5-17-12-19(30-3)7-8-20(17)24/h6-9,11-12,18,27H,4-5,10,13-14H2,1-3H3,(H,25,29). The molecular weight excluding hydrogens is 396 g/mol. The van der Waals surface area contributed by atoms with Crippen molar-refractivity contribution in [3.05, 3.63) is 58.7 Å². The number of rotatable bonds is 6. The summed E-state index contributed by atoms with van der Waals surface area (Å²) in [5.41, 5.74) is 2.82. The van der Waals surface area contributed by atoms with Gasteiger partial charge in [0.15, 0.2) is 0 Å². The minimum Gasteiger partial charge on any atom is -0.497 e. The van der Waals surface area contributed by atoms with E-state index in [2.05, 4.69) is 5.32 Å². The number of aliphatic hydroxyl groups excluding tert-OH is 1. The Bertz CT molecular complexity index is 1020. The Morgan fingerprint density at radius 1 is 1.19 bits per heavy atom. The van der Waals surface area contributed by atoms with E-state index in [1.54, 1.807) is 13.2 Å². The van der Waals surface area contributed by atoms with Gasteiger partial charge >= 0.3 is 6.03 Å². The molecule has 1 spiro atoms. The molecule has 0 aromatic heterocycles. The smallest absolute Gasteiger partial charge is 0.325 e. The Balaban J connectivity index is 1.48. The number of methoxy groups -OCH3 is 1. The summed E-state index contributed by atoms with van der Waals surface area (Å²) >= 11 is 0. The number of fused-ring (bicyclic) bond motifs is 2. The van der Waals surface area contributed by atoms with E-state index in [9.17, 15) is 14.7 Å². The molecule has 2 aromatic carbocycles. The summed E-state index contributed by atoms with van der Waals surface area (Å²) < 4.78 is 11.0. The molecule has 0 saturated carbocycles. The largest absolute Gasteiger partial charge is 0.497 e. The number of aliphatic hydroxyl groups is 1. The Hall–Kier alpha value is -3.06. The molecule has 7 heteroatoms. The highest BCUT2D eigenvalue weighted by Crippen LogP contribution is 2.41. The molecule has 1 fully saturated rings. The number of hydrogen-bond donors (Lipinski definition) is 2. The number of carbonyl (C=O) groups is 2. The molecule has 3 amide bonds. The molecule has 164 valence electrons. The van der Waals surface area contributed by atoms with Gasteiger partial charge in [-0.25, -0.2) is 4.79 Å². The second-order valence-electron chi connectivity index (χ2n) is 8.36. The van der Waals surface area contributed by atoms with Crippen molar-refractivity contribution in [2.24, 2.45) is 0 Å². The maximum Gasteiger partial charge on any atom is 0.325 e. The fourth-order valence-corrected chi connectivity index (χ4v) is 4.55. The van der Waals surface area contributed by atoms with Gasteiger partial charge < -0.3 is 19.9 Å².